The minimum Gasteiger partial charge on any atom is -0.377 e. The van der Waals surface area contributed by atoms with Gasteiger partial charge in [-0.1, -0.05) is 0 Å². The largest absolute Gasteiger partial charge is 0.377 e. The number of hydrogen-bond acceptors (Lipinski definition) is 2. The number of nitrogens with one attached hydrogen (secondary N) is 1. The van der Waals surface area contributed by atoms with Gasteiger partial charge in [-0.15, -0.1) is 0 Å². The molecule has 3 unspecified atom stereocenters. The molecule has 1 aromatic rings. The SMILES string of the molecule is CC(NC(C)C1CCCO1)c1cc(F)ccc1F. The monoisotopic (exact) mass is 255 g/mol. The Labute approximate surface area is 106 Å². The molecule has 3 atom stereocenters. The summed E-state index contributed by atoms with van der Waals surface area (Å²) in [6.07, 6.45) is 2.26. The minimum absolute atomic E-state index is 0.130. The third-order valence-electron chi connectivity index (χ3n) is 3.46. The van der Waals surface area contributed by atoms with Gasteiger partial charge in [-0.2, -0.15) is 0 Å². The summed E-state index contributed by atoms with van der Waals surface area (Å²) in [4.78, 5) is 0. The Balaban J connectivity index is 2.02. The van der Waals surface area contributed by atoms with E-state index in [2.05, 4.69) is 5.32 Å². The van der Waals surface area contributed by atoms with Crippen molar-refractivity contribution in [1.82, 2.24) is 5.32 Å². The average Bonchev–Trinajstić information content (AvgIpc) is 2.85. The highest BCUT2D eigenvalue weighted by atomic mass is 19.1. The van der Waals surface area contributed by atoms with Crippen molar-refractivity contribution in [2.24, 2.45) is 0 Å². The van der Waals surface area contributed by atoms with Gasteiger partial charge in [0, 0.05) is 24.3 Å². The Bertz CT molecular complexity index is 405. The number of halogens is 2. The predicted molar refractivity (Wildman–Crippen MR) is 66.3 cm³/mol. The quantitative estimate of drug-likeness (QED) is 0.892. The van der Waals surface area contributed by atoms with Crippen LogP contribution in [0.25, 0.3) is 0 Å². The molecule has 1 N–H and O–H groups in total. The molecular weight excluding hydrogens is 236 g/mol. The Morgan fingerprint density at radius 3 is 2.78 bits per heavy atom. The van der Waals surface area contributed by atoms with Crippen LogP contribution in [0, 0.1) is 11.6 Å². The Kier molecular flexibility index (Phi) is 4.30. The van der Waals surface area contributed by atoms with Crippen molar-refractivity contribution in [3.05, 3.63) is 35.4 Å². The summed E-state index contributed by atoms with van der Waals surface area (Å²) >= 11 is 0. The first kappa shape index (κ1) is 13.4. The first-order valence-corrected chi connectivity index (χ1v) is 6.40. The molecule has 2 rings (SSSR count). The fourth-order valence-electron chi connectivity index (χ4n) is 2.43. The van der Waals surface area contributed by atoms with Gasteiger partial charge in [0.05, 0.1) is 6.10 Å². The zero-order valence-electron chi connectivity index (χ0n) is 10.7. The van der Waals surface area contributed by atoms with Crippen LogP contribution in [0.3, 0.4) is 0 Å². The van der Waals surface area contributed by atoms with E-state index in [1.165, 1.54) is 12.1 Å². The first-order chi connectivity index (χ1) is 8.58. The molecule has 1 fully saturated rings. The summed E-state index contributed by atoms with van der Waals surface area (Å²) < 4.78 is 32.3. The van der Waals surface area contributed by atoms with E-state index in [-0.39, 0.29) is 24.0 Å². The van der Waals surface area contributed by atoms with Crippen molar-refractivity contribution < 1.29 is 13.5 Å². The van der Waals surface area contributed by atoms with E-state index in [4.69, 9.17) is 4.74 Å². The molecule has 0 aromatic heterocycles. The smallest absolute Gasteiger partial charge is 0.128 e. The van der Waals surface area contributed by atoms with Crippen molar-refractivity contribution in [1.29, 1.82) is 0 Å². The van der Waals surface area contributed by atoms with Crippen LogP contribution >= 0.6 is 0 Å². The van der Waals surface area contributed by atoms with Crippen LogP contribution in [-0.2, 0) is 4.74 Å². The van der Waals surface area contributed by atoms with Gasteiger partial charge >= 0.3 is 0 Å². The van der Waals surface area contributed by atoms with Crippen LogP contribution in [0.4, 0.5) is 8.78 Å². The lowest BCUT2D eigenvalue weighted by molar-refractivity contribution is 0.0802. The van der Waals surface area contributed by atoms with Gasteiger partial charge in [0.1, 0.15) is 11.6 Å². The van der Waals surface area contributed by atoms with Crippen molar-refractivity contribution in [2.45, 2.75) is 44.9 Å². The lowest BCUT2D eigenvalue weighted by Gasteiger charge is -2.25. The molecule has 18 heavy (non-hydrogen) atoms. The van der Waals surface area contributed by atoms with Gasteiger partial charge in [0.25, 0.3) is 0 Å². The maximum atomic E-state index is 13.6. The van der Waals surface area contributed by atoms with Crippen molar-refractivity contribution >= 4 is 0 Å². The van der Waals surface area contributed by atoms with E-state index < -0.39 is 5.82 Å². The van der Waals surface area contributed by atoms with Gasteiger partial charge in [0.2, 0.25) is 0 Å². The molecule has 1 aliphatic rings. The Morgan fingerprint density at radius 1 is 1.33 bits per heavy atom. The zero-order chi connectivity index (χ0) is 13.1. The van der Waals surface area contributed by atoms with Gasteiger partial charge in [-0.25, -0.2) is 8.78 Å². The maximum Gasteiger partial charge on any atom is 0.128 e. The molecule has 0 amide bonds. The third kappa shape index (κ3) is 3.06. The van der Waals surface area contributed by atoms with E-state index in [1.54, 1.807) is 0 Å². The molecule has 1 heterocycles. The van der Waals surface area contributed by atoms with Crippen LogP contribution in [0.15, 0.2) is 18.2 Å². The summed E-state index contributed by atoms with van der Waals surface area (Å²) in [6, 6.07) is 3.44. The highest BCUT2D eigenvalue weighted by Crippen LogP contribution is 2.21. The average molecular weight is 255 g/mol. The second-order valence-electron chi connectivity index (χ2n) is 4.89. The van der Waals surface area contributed by atoms with E-state index in [0.717, 1.165) is 25.5 Å². The fraction of sp³-hybridized carbons (Fsp3) is 0.571. The fourth-order valence-corrected chi connectivity index (χ4v) is 2.43. The molecule has 0 saturated carbocycles. The molecule has 0 spiro atoms. The van der Waals surface area contributed by atoms with Crippen LogP contribution in [0.1, 0.15) is 38.3 Å². The van der Waals surface area contributed by atoms with Crippen LogP contribution in [-0.4, -0.2) is 18.8 Å². The molecule has 0 bridgehead atoms. The normalized spacial score (nSPS) is 23.0. The highest BCUT2D eigenvalue weighted by Gasteiger charge is 2.24. The summed E-state index contributed by atoms with van der Waals surface area (Å²) in [5.41, 5.74) is 0.361. The summed E-state index contributed by atoms with van der Waals surface area (Å²) in [7, 11) is 0. The Morgan fingerprint density at radius 2 is 2.11 bits per heavy atom. The van der Waals surface area contributed by atoms with Crippen LogP contribution < -0.4 is 5.32 Å². The van der Waals surface area contributed by atoms with Crippen molar-refractivity contribution in [2.75, 3.05) is 6.61 Å². The molecule has 1 saturated heterocycles. The second kappa shape index (κ2) is 5.76. The van der Waals surface area contributed by atoms with Gasteiger partial charge in [-0.05, 0) is 44.9 Å². The Hall–Kier alpha value is -1.00. The first-order valence-electron chi connectivity index (χ1n) is 6.40. The number of rotatable bonds is 4. The number of ether oxygens (including phenoxy) is 1. The molecule has 1 aliphatic heterocycles. The summed E-state index contributed by atoms with van der Waals surface area (Å²) in [5, 5.41) is 3.27. The van der Waals surface area contributed by atoms with Gasteiger partial charge in [0.15, 0.2) is 0 Å². The molecule has 2 nitrogen and oxygen atoms in total. The van der Waals surface area contributed by atoms with E-state index in [0.29, 0.717) is 5.56 Å². The van der Waals surface area contributed by atoms with Crippen LogP contribution in [0.5, 0.6) is 0 Å². The topological polar surface area (TPSA) is 21.3 Å². The van der Waals surface area contributed by atoms with E-state index in [1.807, 2.05) is 13.8 Å². The molecule has 100 valence electrons. The lowest BCUT2D eigenvalue weighted by atomic mass is 10.0. The summed E-state index contributed by atoms with van der Waals surface area (Å²) in [6.45, 7) is 4.65. The molecular formula is C14H19F2NO. The minimum atomic E-state index is -0.412. The lowest BCUT2D eigenvalue weighted by Crippen LogP contribution is -2.38. The van der Waals surface area contributed by atoms with Crippen molar-refractivity contribution in [3.63, 3.8) is 0 Å². The van der Waals surface area contributed by atoms with Gasteiger partial charge in [-0.3, -0.25) is 0 Å². The standard InChI is InChI=1S/C14H19F2NO/c1-9(12-8-11(15)5-6-13(12)16)17-10(2)14-4-3-7-18-14/h5-6,8-10,14,17H,3-4,7H2,1-2H3. The van der Waals surface area contributed by atoms with E-state index >= 15 is 0 Å². The third-order valence-corrected chi connectivity index (χ3v) is 3.46. The molecule has 1 aromatic carbocycles. The van der Waals surface area contributed by atoms with Gasteiger partial charge < -0.3 is 10.1 Å². The van der Waals surface area contributed by atoms with Crippen molar-refractivity contribution in [3.8, 4) is 0 Å². The second-order valence-corrected chi connectivity index (χ2v) is 4.89. The van der Waals surface area contributed by atoms with E-state index in [9.17, 15) is 8.78 Å². The molecule has 0 aliphatic carbocycles. The highest BCUT2D eigenvalue weighted by molar-refractivity contribution is 5.22. The summed E-state index contributed by atoms with van der Waals surface area (Å²) in [5.74, 6) is -0.791. The number of hydrogen-bond donors (Lipinski definition) is 1. The van der Waals surface area contributed by atoms with Crippen LogP contribution in [0.2, 0.25) is 0 Å². The maximum absolute atomic E-state index is 13.6. The molecule has 4 heteroatoms. The molecule has 0 radical (unpaired) electrons. The number of benzene rings is 1. The predicted octanol–water partition coefficient (Wildman–Crippen LogP) is 3.18. The zero-order valence-corrected chi connectivity index (χ0v) is 10.7.